The maximum Gasteiger partial charge on any atom is 0.131 e. The van der Waals surface area contributed by atoms with Crippen LogP contribution in [0.4, 0.5) is 4.39 Å². The van der Waals surface area contributed by atoms with Gasteiger partial charge >= 0.3 is 0 Å². The summed E-state index contributed by atoms with van der Waals surface area (Å²) >= 11 is 0. The summed E-state index contributed by atoms with van der Waals surface area (Å²) in [6.07, 6.45) is 4.21. The molecule has 0 radical (unpaired) electrons. The minimum Gasteiger partial charge on any atom is -0.361 e. The summed E-state index contributed by atoms with van der Waals surface area (Å²) in [5, 5.41) is 0.849. The molecule has 0 bridgehead atoms. The number of nitrogens with zero attached hydrogens (tertiary/aromatic N) is 1. The number of halogens is 1. The monoisotopic (exact) mass is 260 g/mol. The minimum absolute atomic E-state index is 0.252. The maximum absolute atomic E-state index is 14.5. The molecule has 2 aliphatic rings. The summed E-state index contributed by atoms with van der Waals surface area (Å²) in [7, 11) is 0. The first-order valence-electron chi connectivity index (χ1n) is 7.89. The lowest BCUT2D eigenvalue weighted by Gasteiger charge is -2.39. The van der Waals surface area contributed by atoms with E-state index in [-0.39, 0.29) is 18.4 Å². The van der Waals surface area contributed by atoms with Crippen molar-refractivity contribution in [2.75, 3.05) is 13.5 Å². The number of aromatic nitrogens is 1. The van der Waals surface area contributed by atoms with E-state index in [1.54, 1.807) is 6.07 Å². The van der Waals surface area contributed by atoms with Crippen molar-refractivity contribution in [2.24, 2.45) is 5.73 Å². The van der Waals surface area contributed by atoms with Crippen molar-refractivity contribution in [3.05, 3.63) is 41.3 Å². The summed E-state index contributed by atoms with van der Waals surface area (Å²) in [5.74, 6) is -0.330. The second kappa shape index (κ2) is 3.68. The summed E-state index contributed by atoms with van der Waals surface area (Å²) in [5.41, 5.74) is 9.02. The molecular weight excluding hydrogens is 241 g/mol. The average molecular weight is 260 g/mol. The van der Waals surface area contributed by atoms with Crippen molar-refractivity contribution in [3.63, 3.8) is 0 Å². The zero-order valence-electron chi connectivity index (χ0n) is 13.3. The Labute approximate surface area is 115 Å². The van der Waals surface area contributed by atoms with Crippen molar-refractivity contribution < 1.29 is 8.50 Å². The molecule has 0 saturated carbocycles. The smallest absolute Gasteiger partial charge is 0.131 e. The molecule has 1 aromatic heterocycles. The Balaban J connectivity index is 1.97. The predicted octanol–water partition coefficient (Wildman–Crippen LogP) is 1.89. The van der Waals surface area contributed by atoms with Crippen LogP contribution in [0.15, 0.2) is 24.4 Å². The fraction of sp³-hybridized carbons (Fsp3) is 0.333. The van der Waals surface area contributed by atoms with Gasteiger partial charge in [-0.15, -0.1) is 0 Å². The number of nitrogens with one attached hydrogen (secondary N) is 1. The molecule has 2 atom stereocenters. The largest absolute Gasteiger partial charge is 0.361 e. The highest BCUT2D eigenvalue weighted by Crippen LogP contribution is 2.40. The van der Waals surface area contributed by atoms with E-state index < -0.39 is 13.0 Å². The topological polar surface area (TPSA) is 45.0 Å². The van der Waals surface area contributed by atoms with E-state index in [4.69, 9.17) is 9.85 Å². The van der Waals surface area contributed by atoms with Crippen molar-refractivity contribution >= 4 is 16.5 Å². The number of aromatic amines is 1. The third-order valence-corrected chi connectivity index (χ3v) is 4.12. The van der Waals surface area contributed by atoms with Gasteiger partial charge in [-0.2, -0.15) is 0 Å². The molecule has 3 nitrogen and oxygen atoms in total. The predicted molar refractivity (Wildman–Crippen MR) is 74.3 cm³/mol. The first-order chi connectivity index (χ1) is 10.4. The van der Waals surface area contributed by atoms with Crippen LogP contribution in [-0.4, -0.2) is 35.5 Å². The lowest BCUT2D eigenvalue weighted by molar-refractivity contribution is 0.268. The number of benzene rings is 1. The van der Waals surface area contributed by atoms with Gasteiger partial charge in [0.2, 0.25) is 0 Å². The number of H-pyrrole nitrogens is 1. The van der Waals surface area contributed by atoms with E-state index in [1.807, 2.05) is 12.3 Å². The Morgan fingerprint density at radius 2 is 2.42 bits per heavy atom. The number of nitrogens with two attached hydrogens (primary N) is 1. The van der Waals surface area contributed by atoms with E-state index in [1.165, 1.54) is 11.0 Å². The molecule has 4 heteroatoms. The Morgan fingerprint density at radius 1 is 1.53 bits per heavy atom. The Kier molecular flexibility index (Phi) is 1.65. The lowest BCUT2D eigenvalue weighted by atomic mass is 9.81. The van der Waals surface area contributed by atoms with Crippen LogP contribution in [-0.2, 0) is 6.42 Å². The van der Waals surface area contributed by atoms with Gasteiger partial charge in [0.1, 0.15) is 5.82 Å². The fourth-order valence-electron chi connectivity index (χ4n) is 3.31. The highest BCUT2D eigenvalue weighted by Gasteiger charge is 2.34. The van der Waals surface area contributed by atoms with Gasteiger partial charge in [-0.05, 0) is 36.7 Å². The molecule has 1 aromatic carbocycles. The summed E-state index contributed by atoms with van der Waals surface area (Å²) in [4.78, 5) is 4.56. The molecule has 0 spiro atoms. The molecule has 0 saturated heterocycles. The van der Waals surface area contributed by atoms with Gasteiger partial charge in [0.25, 0.3) is 0 Å². The SMILES string of the molecule is [2H]C([2H])([2H])N1C[C@@H](N)C=C2c3c(F)ccc4[nH]cc(c34)C[C@H]21. The van der Waals surface area contributed by atoms with E-state index in [2.05, 4.69) is 4.98 Å². The molecule has 0 amide bonds. The van der Waals surface area contributed by atoms with Crippen LogP contribution in [0, 0.1) is 5.82 Å². The number of hydrogen-bond donors (Lipinski definition) is 2. The van der Waals surface area contributed by atoms with Crippen LogP contribution in [0.25, 0.3) is 16.5 Å². The molecular formula is C15H16FN3. The number of hydrogen-bond acceptors (Lipinski definition) is 2. The van der Waals surface area contributed by atoms with Crippen LogP contribution < -0.4 is 5.73 Å². The second-order valence-electron chi connectivity index (χ2n) is 5.32. The van der Waals surface area contributed by atoms with E-state index in [0.717, 1.165) is 16.5 Å². The van der Waals surface area contributed by atoms with Gasteiger partial charge in [0, 0.05) is 45.4 Å². The summed E-state index contributed by atoms with van der Waals surface area (Å²) in [6, 6.07) is 2.35. The number of fused-ring (bicyclic) bond motifs is 2. The van der Waals surface area contributed by atoms with E-state index in [9.17, 15) is 4.39 Å². The zero-order valence-corrected chi connectivity index (χ0v) is 10.3. The minimum atomic E-state index is -2.25. The fourth-order valence-corrected chi connectivity index (χ4v) is 3.31. The molecule has 19 heavy (non-hydrogen) atoms. The summed E-state index contributed by atoms with van der Waals surface area (Å²) < 4.78 is 37.8. The molecule has 2 aromatic rings. The van der Waals surface area contributed by atoms with Gasteiger partial charge in [0.05, 0.1) is 0 Å². The number of rotatable bonds is 0. The second-order valence-corrected chi connectivity index (χ2v) is 5.32. The highest BCUT2D eigenvalue weighted by atomic mass is 19.1. The van der Waals surface area contributed by atoms with Gasteiger partial charge in [-0.25, -0.2) is 4.39 Å². The third-order valence-electron chi connectivity index (χ3n) is 4.12. The van der Waals surface area contributed by atoms with Crippen LogP contribution >= 0.6 is 0 Å². The quantitative estimate of drug-likeness (QED) is 0.759. The van der Waals surface area contributed by atoms with Crippen LogP contribution in [0.2, 0.25) is 0 Å². The maximum atomic E-state index is 14.5. The molecule has 1 aliphatic heterocycles. The average Bonchev–Trinajstić information content (AvgIpc) is 2.84. The Hall–Kier alpha value is -1.65. The molecule has 98 valence electrons. The van der Waals surface area contributed by atoms with E-state index >= 15 is 0 Å². The summed E-state index contributed by atoms with van der Waals surface area (Å²) in [6.45, 7) is -2.00. The molecule has 0 unspecified atom stereocenters. The lowest BCUT2D eigenvalue weighted by Crippen LogP contribution is -2.47. The van der Waals surface area contributed by atoms with Gasteiger partial charge in [-0.1, -0.05) is 6.08 Å². The van der Waals surface area contributed by atoms with Crippen molar-refractivity contribution in [2.45, 2.75) is 18.5 Å². The van der Waals surface area contributed by atoms with Crippen molar-refractivity contribution in [3.8, 4) is 0 Å². The van der Waals surface area contributed by atoms with Crippen molar-refractivity contribution in [1.82, 2.24) is 9.88 Å². The molecule has 3 N–H and O–H groups in total. The standard InChI is InChI=1S/C15H16FN3/c1-19-7-9(17)5-10-13(19)4-8-6-18-12-3-2-11(16)15(10)14(8)12/h2-3,5-6,9,13,18H,4,7,17H2,1H3/t9-,13+/m0/s1/i1D3. The highest BCUT2D eigenvalue weighted by molar-refractivity contribution is 5.98. The van der Waals surface area contributed by atoms with Gasteiger partial charge in [0.15, 0.2) is 0 Å². The van der Waals surface area contributed by atoms with E-state index in [0.29, 0.717) is 17.6 Å². The normalized spacial score (nSPS) is 29.4. The van der Waals surface area contributed by atoms with Crippen LogP contribution in [0.1, 0.15) is 15.2 Å². The molecule has 0 fully saturated rings. The molecule has 1 aliphatic carbocycles. The van der Waals surface area contributed by atoms with Crippen molar-refractivity contribution in [1.29, 1.82) is 0 Å². The first kappa shape index (κ1) is 8.51. The van der Waals surface area contributed by atoms with Crippen LogP contribution in [0.3, 0.4) is 0 Å². The zero-order chi connectivity index (χ0) is 15.6. The van der Waals surface area contributed by atoms with Crippen LogP contribution in [0.5, 0.6) is 0 Å². The molecule has 2 heterocycles. The first-order valence-corrected chi connectivity index (χ1v) is 6.39. The number of likely N-dealkylation sites (N-methyl/N-ethyl adjacent to an activating group) is 1. The van der Waals surface area contributed by atoms with Gasteiger partial charge in [-0.3, -0.25) is 4.90 Å². The third kappa shape index (κ3) is 1.44. The Morgan fingerprint density at radius 3 is 3.26 bits per heavy atom. The van der Waals surface area contributed by atoms with Gasteiger partial charge < -0.3 is 10.7 Å². The Bertz CT molecular complexity index is 793. The molecule has 4 rings (SSSR count).